The van der Waals surface area contributed by atoms with Gasteiger partial charge in [-0.25, -0.2) is 0 Å². The molecule has 11 heteroatoms. The normalized spacial score (nSPS) is 11.8. The average Bonchev–Trinajstić information content (AvgIpc) is 3.19. The second-order valence-corrected chi connectivity index (χ2v) is 8.83. The number of aromatic nitrogens is 3. The number of hydrogen-bond acceptors (Lipinski definition) is 5. The van der Waals surface area contributed by atoms with Crippen molar-refractivity contribution in [2.45, 2.75) is 31.6 Å². The van der Waals surface area contributed by atoms with Crippen LogP contribution in [0.4, 0.5) is 5.69 Å². The zero-order valence-corrected chi connectivity index (χ0v) is 20.3. The SMILES string of the molecule is CCn1c(SCC(=O)Nc2cccc(Cl)c2Cl)nnc1[C@@H](C)NC(=O)c1ccccc1Cl. The molecule has 0 radical (unpaired) electrons. The Balaban J connectivity index is 1.65. The molecule has 0 saturated heterocycles. The molecular formula is C21H20Cl3N5O2S. The van der Waals surface area contributed by atoms with Crippen molar-refractivity contribution in [1.82, 2.24) is 20.1 Å². The Kier molecular flexibility index (Phi) is 8.42. The second kappa shape index (κ2) is 11.0. The fraction of sp³-hybridized carbons (Fsp3) is 0.238. The van der Waals surface area contributed by atoms with Gasteiger partial charge in [0, 0.05) is 6.54 Å². The molecule has 168 valence electrons. The Bertz CT molecular complexity index is 1140. The quantitative estimate of drug-likeness (QED) is 0.390. The lowest BCUT2D eigenvalue weighted by Gasteiger charge is -2.15. The number of nitrogens with one attached hydrogen (secondary N) is 2. The van der Waals surface area contributed by atoms with Gasteiger partial charge in [-0.05, 0) is 38.1 Å². The molecule has 1 atom stereocenters. The zero-order valence-electron chi connectivity index (χ0n) is 17.2. The highest BCUT2D eigenvalue weighted by Gasteiger charge is 2.21. The minimum absolute atomic E-state index is 0.0986. The van der Waals surface area contributed by atoms with Crippen LogP contribution in [0.3, 0.4) is 0 Å². The molecule has 0 bridgehead atoms. The van der Waals surface area contributed by atoms with E-state index < -0.39 is 6.04 Å². The third kappa shape index (κ3) is 5.75. The van der Waals surface area contributed by atoms with Crippen molar-refractivity contribution in [1.29, 1.82) is 0 Å². The summed E-state index contributed by atoms with van der Waals surface area (Å²) in [4.78, 5) is 24.9. The number of nitrogens with zero attached hydrogens (tertiary/aromatic N) is 3. The summed E-state index contributed by atoms with van der Waals surface area (Å²) in [7, 11) is 0. The van der Waals surface area contributed by atoms with E-state index in [4.69, 9.17) is 34.8 Å². The summed E-state index contributed by atoms with van der Waals surface area (Å²) in [5, 5.41) is 15.6. The first-order valence-electron chi connectivity index (χ1n) is 9.67. The number of carbonyl (C=O) groups is 2. The Morgan fingerprint density at radius 1 is 1.06 bits per heavy atom. The number of rotatable bonds is 8. The molecule has 0 spiro atoms. The molecule has 2 aromatic carbocycles. The van der Waals surface area contributed by atoms with Crippen LogP contribution in [0.25, 0.3) is 0 Å². The molecule has 0 saturated carbocycles. The summed E-state index contributed by atoms with van der Waals surface area (Å²) in [5.41, 5.74) is 0.827. The number of carbonyl (C=O) groups excluding carboxylic acids is 2. The Labute approximate surface area is 204 Å². The first-order valence-corrected chi connectivity index (χ1v) is 11.8. The molecule has 2 amide bonds. The molecule has 1 aromatic heterocycles. The van der Waals surface area contributed by atoms with Gasteiger partial charge in [0.15, 0.2) is 11.0 Å². The van der Waals surface area contributed by atoms with Crippen LogP contribution in [0.1, 0.15) is 36.1 Å². The summed E-state index contributed by atoms with van der Waals surface area (Å²) in [6.45, 7) is 4.32. The number of thioether (sulfide) groups is 1. The Morgan fingerprint density at radius 3 is 2.50 bits per heavy atom. The van der Waals surface area contributed by atoms with Gasteiger partial charge in [0.05, 0.1) is 38.1 Å². The van der Waals surface area contributed by atoms with Crippen LogP contribution in [-0.2, 0) is 11.3 Å². The summed E-state index contributed by atoms with van der Waals surface area (Å²) < 4.78 is 1.85. The summed E-state index contributed by atoms with van der Waals surface area (Å²) >= 11 is 19.4. The molecule has 0 unspecified atom stereocenters. The number of amides is 2. The van der Waals surface area contributed by atoms with E-state index in [1.165, 1.54) is 11.8 Å². The van der Waals surface area contributed by atoms with Crippen molar-refractivity contribution in [3.8, 4) is 0 Å². The molecule has 0 aliphatic rings. The van der Waals surface area contributed by atoms with Crippen LogP contribution in [-0.4, -0.2) is 32.3 Å². The molecule has 3 rings (SSSR count). The predicted octanol–water partition coefficient (Wildman–Crippen LogP) is 5.48. The van der Waals surface area contributed by atoms with Gasteiger partial charge in [0.25, 0.3) is 5.91 Å². The maximum atomic E-state index is 12.6. The maximum Gasteiger partial charge on any atom is 0.253 e. The topological polar surface area (TPSA) is 88.9 Å². The number of benzene rings is 2. The first kappa shape index (κ1) is 24.4. The van der Waals surface area contributed by atoms with Crippen LogP contribution in [0.2, 0.25) is 15.1 Å². The molecular weight excluding hydrogens is 493 g/mol. The number of halogens is 3. The fourth-order valence-corrected chi connectivity index (χ4v) is 4.30. The van der Waals surface area contributed by atoms with Crippen molar-refractivity contribution in [2.75, 3.05) is 11.1 Å². The van der Waals surface area contributed by atoms with E-state index in [0.717, 1.165) is 0 Å². The van der Waals surface area contributed by atoms with E-state index in [-0.39, 0.29) is 22.6 Å². The molecule has 7 nitrogen and oxygen atoms in total. The first-order chi connectivity index (χ1) is 15.3. The van der Waals surface area contributed by atoms with Crippen molar-refractivity contribution in [3.63, 3.8) is 0 Å². The predicted molar refractivity (Wildman–Crippen MR) is 129 cm³/mol. The Hall–Kier alpha value is -2.26. The van der Waals surface area contributed by atoms with Crippen LogP contribution >= 0.6 is 46.6 Å². The number of hydrogen-bond donors (Lipinski definition) is 2. The van der Waals surface area contributed by atoms with Gasteiger partial charge in [0.1, 0.15) is 0 Å². The number of anilines is 1. The minimum Gasteiger partial charge on any atom is -0.342 e. The lowest BCUT2D eigenvalue weighted by atomic mass is 10.2. The lowest BCUT2D eigenvalue weighted by Crippen LogP contribution is -2.29. The standard InChI is InChI=1S/C21H20Cl3N5O2S/c1-3-29-19(12(2)25-20(31)13-7-4-5-8-14(13)22)27-28-21(29)32-11-17(30)26-16-10-6-9-15(23)18(16)24/h4-10,12H,3,11H2,1-2H3,(H,25,31)(H,26,30)/t12-/m1/s1. The van der Waals surface area contributed by atoms with E-state index in [1.807, 2.05) is 18.4 Å². The molecule has 2 N–H and O–H groups in total. The fourth-order valence-electron chi connectivity index (χ4n) is 2.93. The van der Waals surface area contributed by atoms with Crippen molar-refractivity contribution in [2.24, 2.45) is 0 Å². The lowest BCUT2D eigenvalue weighted by molar-refractivity contribution is -0.113. The van der Waals surface area contributed by atoms with Gasteiger partial charge in [-0.2, -0.15) is 0 Å². The third-order valence-electron chi connectivity index (χ3n) is 4.47. The van der Waals surface area contributed by atoms with Crippen molar-refractivity contribution in [3.05, 3.63) is 68.9 Å². The largest absolute Gasteiger partial charge is 0.342 e. The van der Waals surface area contributed by atoms with E-state index in [9.17, 15) is 9.59 Å². The monoisotopic (exact) mass is 511 g/mol. The second-order valence-electron chi connectivity index (χ2n) is 6.70. The van der Waals surface area contributed by atoms with E-state index >= 15 is 0 Å². The zero-order chi connectivity index (χ0) is 23.3. The highest BCUT2D eigenvalue weighted by Crippen LogP contribution is 2.30. The van der Waals surface area contributed by atoms with Gasteiger partial charge < -0.3 is 15.2 Å². The van der Waals surface area contributed by atoms with Gasteiger partial charge in [-0.3, -0.25) is 9.59 Å². The van der Waals surface area contributed by atoms with E-state index in [2.05, 4.69) is 20.8 Å². The Morgan fingerprint density at radius 2 is 1.78 bits per heavy atom. The van der Waals surface area contributed by atoms with Gasteiger partial charge >= 0.3 is 0 Å². The molecule has 1 heterocycles. The van der Waals surface area contributed by atoms with Crippen molar-refractivity contribution >= 4 is 64.1 Å². The van der Waals surface area contributed by atoms with Crippen LogP contribution in [0.5, 0.6) is 0 Å². The summed E-state index contributed by atoms with van der Waals surface area (Å²) in [6.07, 6.45) is 0. The van der Waals surface area contributed by atoms with Crippen LogP contribution < -0.4 is 10.6 Å². The smallest absolute Gasteiger partial charge is 0.253 e. The average molecular weight is 513 g/mol. The minimum atomic E-state index is -0.417. The van der Waals surface area contributed by atoms with E-state index in [0.29, 0.717) is 38.8 Å². The summed E-state index contributed by atoms with van der Waals surface area (Å²) in [5.74, 6) is 0.113. The third-order valence-corrected chi connectivity index (χ3v) is 6.59. The maximum absolute atomic E-state index is 12.6. The molecule has 0 fully saturated rings. The molecule has 32 heavy (non-hydrogen) atoms. The molecule has 0 aliphatic heterocycles. The van der Waals surface area contributed by atoms with E-state index in [1.54, 1.807) is 42.5 Å². The van der Waals surface area contributed by atoms with Crippen molar-refractivity contribution < 1.29 is 9.59 Å². The van der Waals surface area contributed by atoms with Gasteiger partial charge in [0.2, 0.25) is 5.91 Å². The van der Waals surface area contributed by atoms with Crippen LogP contribution in [0, 0.1) is 0 Å². The van der Waals surface area contributed by atoms with Crippen LogP contribution in [0.15, 0.2) is 47.6 Å². The highest BCUT2D eigenvalue weighted by atomic mass is 35.5. The van der Waals surface area contributed by atoms with Gasteiger partial charge in [-0.15, -0.1) is 10.2 Å². The summed E-state index contributed by atoms with van der Waals surface area (Å²) in [6, 6.07) is 11.4. The molecule has 3 aromatic rings. The highest BCUT2D eigenvalue weighted by molar-refractivity contribution is 7.99. The van der Waals surface area contributed by atoms with Gasteiger partial charge in [-0.1, -0.05) is 64.8 Å². The molecule has 0 aliphatic carbocycles.